The molecule has 0 radical (unpaired) electrons. The smallest absolute Gasteiger partial charge is 0.221 e. The second-order valence-electron chi connectivity index (χ2n) is 3.24. The van der Waals surface area contributed by atoms with Gasteiger partial charge in [0.05, 0.1) is 18.8 Å². The minimum Gasteiger partial charge on any atom is -0.394 e. The molecule has 0 rings (SSSR count). The highest BCUT2D eigenvalue weighted by Gasteiger charge is 2.27. The Balaban J connectivity index is 4.08. The Morgan fingerprint density at radius 2 is 2.00 bits per heavy atom. The molecule has 0 aliphatic rings. The van der Waals surface area contributed by atoms with Crippen LogP contribution in [0.15, 0.2) is 0 Å². The third kappa shape index (κ3) is 4.30. The van der Waals surface area contributed by atoms with E-state index in [1.54, 1.807) is 11.8 Å². The van der Waals surface area contributed by atoms with Crippen molar-refractivity contribution in [1.82, 2.24) is 5.32 Å². The number of hydrogen-bond acceptors (Lipinski definition) is 4. The molecule has 0 unspecified atom stereocenters. The summed E-state index contributed by atoms with van der Waals surface area (Å²) in [7, 11) is 0. The molecule has 0 saturated heterocycles. The lowest BCUT2D eigenvalue weighted by Gasteiger charge is -2.29. The molecular weight excluding hydrogens is 202 g/mol. The lowest BCUT2D eigenvalue weighted by molar-refractivity contribution is -0.124. The van der Waals surface area contributed by atoms with E-state index in [-0.39, 0.29) is 19.1 Å². The van der Waals surface area contributed by atoms with Crippen LogP contribution in [0.4, 0.5) is 0 Å². The quantitative estimate of drug-likeness (QED) is 0.565. The van der Waals surface area contributed by atoms with Crippen molar-refractivity contribution in [1.29, 1.82) is 0 Å². The molecule has 0 bridgehead atoms. The maximum Gasteiger partial charge on any atom is 0.221 e. The minimum atomic E-state index is -0.852. The van der Waals surface area contributed by atoms with Crippen LogP contribution in [0.5, 0.6) is 0 Å². The Labute approximate surface area is 89.1 Å². The maximum absolute atomic E-state index is 11.3. The molecule has 0 aromatic carbocycles. The van der Waals surface area contributed by atoms with Gasteiger partial charge in [-0.2, -0.15) is 11.8 Å². The van der Waals surface area contributed by atoms with E-state index in [9.17, 15) is 4.79 Å². The Morgan fingerprint density at radius 1 is 1.43 bits per heavy atom. The summed E-state index contributed by atoms with van der Waals surface area (Å²) in [4.78, 5) is 11.3. The normalized spacial score (nSPS) is 11.4. The molecule has 0 aromatic heterocycles. The number of thioether (sulfide) groups is 1. The van der Waals surface area contributed by atoms with Gasteiger partial charge in [0.25, 0.3) is 0 Å². The summed E-state index contributed by atoms with van der Waals surface area (Å²) < 4.78 is 0. The van der Waals surface area contributed by atoms with Crippen LogP contribution in [0.3, 0.4) is 0 Å². The zero-order valence-corrected chi connectivity index (χ0v) is 9.56. The van der Waals surface area contributed by atoms with Crippen LogP contribution in [0.25, 0.3) is 0 Å². The van der Waals surface area contributed by atoms with Gasteiger partial charge in [0.2, 0.25) is 5.91 Å². The molecule has 3 N–H and O–H groups in total. The third-order valence-electron chi connectivity index (χ3n) is 2.22. The Bertz CT molecular complexity index is 163. The first-order chi connectivity index (χ1) is 6.64. The highest BCUT2D eigenvalue weighted by atomic mass is 32.2. The van der Waals surface area contributed by atoms with E-state index in [0.717, 1.165) is 5.75 Å². The second kappa shape index (κ2) is 7.09. The van der Waals surface area contributed by atoms with Gasteiger partial charge >= 0.3 is 0 Å². The molecule has 84 valence electrons. The summed E-state index contributed by atoms with van der Waals surface area (Å²) in [5, 5.41) is 20.8. The molecule has 5 heteroatoms. The van der Waals surface area contributed by atoms with Crippen molar-refractivity contribution in [3.05, 3.63) is 0 Å². The first-order valence-corrected chi connectivity index (χ1v) is 6.05. The lowest BCUT2D eigenvalue weighted by Crippen LogP contribution is -2.53. The van der Waals surface area contributed by atoms with Crippen molar-refractivity contribution in [3.63, 3.8) is 0 Å². The molecule has 0 aromatic rings. The van der Waals surface area contributed by atoms with E-state index in [2.05, 4.69) is 5.32 Å². The van der Waals surface area contributed by atoms with E-state index in [0.29, 0.717) is 12.8 Å². The van der Waals surface area contributed by atoms with Gasteiger partial charge in [-0.3, -0.25) is 4.79 Å². The van der Waals surface area contributed by atoms with E-state index in [1.165, 1.54) is 0 Å². The molecule has 0 aliphatic carbocycles. The zero-order valence-electron chi connectivity index (χ0n) is 8.75. The number of rotatable bonds is 7. The van der Waals surface area contributed by atoms with Crippen molar-refractivity contribution < 1.29 is 15.0 Å². The largest absolute Gasteiger partial charge is 0.394 e. The molecule has 4 nitrogen and oxygen atoms in total. The van der Waals surface area contributed by atoms with E-state index in [4.69, 9.17) is 10.2 Å². The van der Waals surface area contributed by atoms with E-state index >= 15 is 0 Å². The molecular formula is C9H19NO3S. The Kier molecular flexibility index (Phi) is 6.96. The third-order valence-corrected chi connectivity index (χ3v) is 2.83. The van der Waals surface area contributed by atoms with Crippen LogP contribution in [-0.2, 0) is 4.79 Å². The van der Waals surface area contributed by atoms with Crippen LogP contribution in [0, 0.1) is 0 Å². The zero-order chi connectivity index (χ0) is 11.0. The number of aliphatic hydroxyl groups excluding tert-OH is 2. The van der Waals surface area contributed by atoms with Gasteiger partial charge in [-0.15, -0.1) is 0 Å². The maximum atomic E-state index is 11.3. The van der Waals surface area contributed by atoms with Gasteiger partial charge < -0.3 is 15.5 Å². The molecule has 0 spiro atoms. The molecule has 14 heavy (non-hydrogen) atoms. The number of amides is 1. The molecule has 0 atom stereocenters. The van der Waals surface area contributed by atoms with E-state index in [1.807, 2.05) is 13.2 Å². The van der Waals surface area contributed by atoms with Crippen molar-refractivity contribution in [2.24, 2.45) is 0 Å². The Hall–Kier alpha value is -0.260. The summed E-state index contributed by atoms with van der Waals surface area (Å²) in [5.41, 5.74) is -0.852. The fourth-order valence-electron chi connectivity index (χ4n) is 0.994. The van der Waals surface area contributed by atoms with Crippen LogP contribution in [0.1, 0.15) is 19.8 Å². The number of carbonyl (C=O) groups excluding carboxylic acids is 1. The summed E-state index contributed by atoms with van der Waals surface area (Å²) in [6.07, 6.45) is 2.87. The van der Waals surface area contributed by atoms with Crippen molar-refractivity contribution in [2.45, 2.75) is 25.3 Å². The summed E-state index contributed by atoms with van der Waals surface area (Å²) in [6, 6.07) is 0. The second-order valence-corrected chi connectivity index (χ2v) is 4.23. The SMILES string of the molecule is CCC(CO)(CO)NC(=O)CCSC. The highest BCUT2D eigenvalue weighted by molar-refractivity contribution is 7.98. The lowest BCUT2D eigenvalue weighted by atomic mass is 9.98. The van der Waals surface area contributed by atoms with Crippen LogP contribution >= 0.6 is 11.8 Å². The minimum absolute atomic E-state index is 0.121. The average Bonchev–Trinajstić information content (AvgIpc) is 2.23. The monoisotopic (exact) mass is 221 g/mol. The van der Waals surface area contributed by atoms with Crippen LogP contribution < -0.4 is 5.32 Å². The summed E-state index contributed by atoms with van der Waals surface area (Å²) >= 11 is 1.59. The van der Waals surface area contributed by atoms with Gasteiger partial charge in [-0.1, -0.05) is 6.92 Å². The molecule has 0 saturated carbocycles. The standard InChI is InChI=1S/C9H19NO3S/c1-3-9(6-11,7-12)10-8(13)4-5-14-2/h11-12H,3-7H2,1-2H3,(H,10,13). The predicted molar refractivity (Wildman–Crippen MR) is 58.3 cm³/mol. The average molecular weight is 221 g/mol. The number of nitrogens with one attached hydrogen (secondary N) is 1. The molecule has 0 heterocycles. The number of hydrogen-bond donors (Lipinski definition) is 3. The molecule has 0 aliphatic heterocycles. The van der Waals surface area contributed by atoms with Gasteiger partial charge in [0.15, 0.2) is 0 Å². The van der Waals surface area contributed by atoms with Gasteiger partial charge in [-0.25, -0.2) is 0 Å². The predicted octanol–water partition coefficient (Wildman–Crippen LogP) is -0.0109. The summed E-state index contributed by atoms with van der Waals surface area (Å²) in [5.74, 6) is 0.631. The van der Waals surface area contributed by atoms with Gasteiger partial charge in [0.1, 0.15) is 0 Å². The first kappa shape index (κ1) is 13.7. The molecule has 0 fully saturated rings. The fraction of sp³-hybridized carbons (Fsp3) is 0.889. The van der Waals surface area contributed by atoms with Crippen molar-refractivity contribution >= 4 is 17.7 Å². The van der Waals surface area contributed by atoms with Crippen molar-refractivity contribution in [3.8, 4) is 0 Å². The molecule has 1 amide bonds. The highest BCUT2D eigenvalue weighted by Crippen LogP contribution is 2.09. The Morgan fingerprint density at radius 3 is 2.36 bits per heavy atom. The topological polar surface area (TPSA) is 69.6 Å². The number of carbonyl (C=O) groups is 1. The van der Waals surface area contributed by atoms with Crippen molar-refractivity contribution in [2.75, 3.05) is 25.2 Å². The number of aliphatic hydroxyl groups is 2. The van der Waals surface area contributed by atoms with Gasteiger partial charge in [0, 0.05) is 12.2 Å². The van der Waals surface area contributed by atoms with Crippen LogP contribution in [0.2, 0.25) is 0 Å². The first-order valence-electron chi connectivity index (χ1n) is 4.65. The van der Waals surface area contributed by atoms with Gasteiger partial charge in [-0.05, 0) is 12.7 Å². The summed E-state index contributed by atoms with van der Waals surface area (Å²) in [6.45, 7) is 1.36. The van der Waals surface area contributed by atoms with Crippen LogP contribution in [-0.4, -0.2) is 46.9 Å². The van der Waals surface area contributed by atoms with E-state index < -0.39 is 5.54 Å². The fourth-order valence-corrected chi connectivity index (χ4v) is 1.38.